The van der Waals surface area contributed by atoms with E-state index in [-0.39, 0.29) is 86.4 Å². The van der Waals surface area contributed by atoms with E-state index in [1.54, 1.807) is 50.2 Å². The SMILES string of the molecule is Cc1cc(S(=O)(=O)[O-])ccc1N=Nc1ccc(N/N=C2\C(=O)c3ccc(NC(=O)c4cccc(N)c4)cc3C=C2S(=O)(=O)[O-])c(C)c1.[Na+].[Na+]. The van der Waals surface area contributed by atoms with E-state index in [1.807, 2.05) is 0 Å². The van der Waals surface area contributed by atoms with E-state index in [0.29, 0.717) is 33.9 Å². The first-order valence-corrected chi connectivity index (χ1v) is 16.4. The number of benzene rings is 4. The second kappa shape index (κ2) is 16.0. The van der Waals surface area contributed by atoms with Gasteiger partial charge in [-0.05, 0) is 109 Å². The van der Waals surface area contributed by atoms with Crippen molar-refractivity contribution >= 4 is 72.2 Å². The van der Waals surface area contributed by atoms with E-state index in [9.17, 15) is 35.5 Å². The smallest absolute Gasteiger partial charge is 0.744 e. The van der Waals surface area contributed by atoms with Crippen molar-refractivity contribution < 1.29 is 94.6 Å². The number of azo groups is 1. The molecule has 4 aromatic carbocycles. The number of nitrogens with zero attached hydrogens (tertiary/aromatic N) is 3. The third-order valence-corrected chi connectivity index (χ3v) is 8.62. The molecule has 1 aliphatic rings. The van der Waals surface area contributed by atoms with Gasteiger partial charge in [0.2, 0.25) is 5.78 Å². The van der Waals surface area contributed by atoms with Gasteiger partial charge in [-0.2, -0.15) is 15.3 Å². The second-order valence-corrected chi connectivity index (χ2v) is 13.1. The minimum Gasteiger partial charge on any atom is -0.744 e. The molecule has 5 rings (SSSR count). The molecule has 0 heterocycles. The molecule has 240 valence electrons. The van der Waals surface area contributed by atoms with Crippen molar-refractivity contribution in [2.24, 2.45) is 15.3 Å². The third kappa shape index (κ3) is 9.58. The van der Waals surface area contributed by atoms with Crippen LogP contribution in [-0.2, 0) is 20.2 Å². The molecule has 14 nitrogen and oxygen atoms in total. The summed E-state index contributed by atoms with van der Waals surface area (Å²) in [7, 11) is -9.77. The largest absolute Gasteiger partial charge is 1.00 e. The van der Waals surface area contributed by atoms with Crippen molar-refractivity contribution in [1.82, 2.24) is 0 Å². The minimum atomic E-state index is -5.16. The zero-order valence-electron chi connectivity index (χ0n) is 26.6. The fourth-order valence-electron chi connectivity index (χ4n) is 4.55. The zero-order valence-corrected chi connectivity index (χ0v) is 32.2. The number of allylic oxidation sites excluding steroid dienone is 1. The van der Waals surface area contributed by atoms with Crippen LogP contribution in [0.15, 0.2) is 104 Å². The molecule has 0 saturated carbocycles. The molecule has 0 atom stereocenters. The number of hydrogen-bond donors (Lipinski definition) is 3. The van der Waals surface area contributed by atoms with Crippen LogP contribution < -0.4 is 75.6 Å². The van der Waals surface area contributed by atoms with Gasteiger partial charge in [-0.25, -0.2) is 16.8 Å². The van der Waals surface area contributed by atoms with E-state index in [4.69, 9.17) is 5.73 Å². The van der Waals surface area contributed by atoms with E-state index in [0.717, 1.165) is 12.1 Å². The van der Waals surface area contributed by atoms with Gasteiger partial charge < -0.3 is 20.2 Å². The maximum absolute atomic E-state index is 13.4. The molecule has 0 saturated heterocycles. The van der Waals surface area contributed by atoms with Crippen molar-refractivity contribution in [3.05, 3.63) is 112 Å². The number of rotatable bonds is 8. The molecule has 18 heteroatoms. The van der Waals surface area contributed by atoms with Crippen molar-refractivity contribution in [3.63, 3.8) is 0 Å². The van der Waals surface area contributed by atoms with Crippen LogP contribution in [0.4, 0.5) is 28.4 Å². The van der Waals surface area contributed by atoms with Crippen LogP contribution in [0.2, 0.25) is 0 Å². The van der Waals surface area contributed by atoms with Gasteiger partial charge in [-0.1, -0.05) is 6.07 Å². The molecule has 1 amide bonds. The molecular formula is C31H24N6Na2O8S2. The molecule has 0 fully saturated rings. The Kier molecular flexibility index (Phi) is 13.0. The summed E-state index contributed by atoms with van der Waals surface area (Å²) >= 11 is 0. The number of nitrogens with two attached hydrogens (primary N) is 1. The van der Waals surface area contributed by atoms with Crippen LogP contribution in [-0.4, -0.2) is 43.3 Å². The number of carbonyl (C=O) groups excluding carboxylic acids is 2. The maximum Gasteiger partial charge on any atom is 1.00 e. The minimum absolute atomic E-state index is 0. The van der Waals surface area contributed by atoms with Gasteiger partial charge in [0, 0.05) is 22.5 Å². The Morgan fingerprint density at radius 3 is 2.18 bits per heavy atom. The molecule has 0 bridgehead atoms. The van der Waals surface area contributed by atoms with Crippen molar-refractivity contribution in [2.75, 3.05) is 16.5 Å². The Morgan fingerprint density at radius 1 is 0.816 bits per heavy atom. The first-order valence-electron chi connectivity index (χ1n) is 13.6. The summed E-state index contributed by atoms with van der Waals surface area (Å²) in [6.45, 7) is 3.26. The van der Waals surface area contributed by atoms with Crippen molar-refractivity contribution in [1.29, 1.82) is 0 Å². The Balaban J connectivity index is 0.00000325. The summed E-state index contributed by atoms with van der Waals surface area (Å²) in [6, 6.07) is 18.8. The number of fused-ring (bicyclic) bond motifs is 1. The fourth-order valence-corrected chi connectivity index (χ4v) is 5.76. The van der Waals surface area contributed by atoms with Crippen LogP contribution in [0.3, 0.4) is 0 Å². The van der Waals surface area contributed by atoms with Gasteiger partial charge in [-0.15, -0.1) is 0 Å². The number of hydrazone groups is 1. The number of anilines is 3. The van der Waals surface area contributed by atoms with Gasteiger partial charge in [0.1, 0.15) is 25.9 Å². The molecule has 1 aliphatic carbocycles. The summed E-state index contributed by atoms with van der Waals surface area (Å²) in [5.41, 5.74) is 10.9. The fraction of sp³-hybridized carbons (Fsp3) is 0.0645. The Hall–Kier alpha value is -3.55. The number of nitrogens with one attached hydrogen (secondary N) is 2. The first kappa shape index (κ1) is 39.9. The topological polar surface area (TPSA) is 236 Å². The van der Waals surface area contributed by atoms with Crippen LogP contribution in [0, 0.1) is 13.8 Å². The van der Waals surface area contributed by atoms with Crippen LogP contribution in [0.5, 0.6) is 0 Å². The number of nitrogen functional groups attached to an aromatic ring is 1. The predicted molar refractivity (Wildman–Crippen MR) is 173 cm³/mol. The average molecular weight is 719 g/mol. The summed E-state index contributed by atoms with van der Waals surface area (Å²) in [5, 5.41) is 14.9. The van der Waals surface area contributed by atoms with E-state index in [2.05, 4.69) is 26.1 Å². The Morgan fingerprint density at radius 2 is 1.55 bits per heavy atom. The van der Waals surface area contributed by atoms with Crippen molar-refractivity contribution in [2.45, 2.75) is 18.7 Å². The van der Waals surface area contributed by atoms with Crippen LogP contribution >= 0.6 is 0 Å². The van der Waals surface area contributed by atoms with Crippen LogP contribution in [0.1, 0.15) is 37.4 Å². The van der Waals surface area contributed by atoms with E-state index >= 15 is 0 Å². The number of amides is 1. The van der Waals surface area contributed by atoms with Gasteiger partial charge in [0.25, 0.3) is 5.91 Å². The third-order valence-electron chi connectivity index (χ3n) is 6.94. The summed E-state index contributed by atoms with van der Waals surface area (Å²) in [5.74, 6) is -1.32. The quantitative estimate of drug-likeness (QED) is 0.0662. The Labute approximate surface area is 326 Å². The van der Waals surface area contributed by atoms with Gasteiger partial charge in [0.05, 0.1) is 26.9 Å². The molecule has 0 spiro atoms. The van der Waals surface area contributed by atoms with Gasteiger partial charge in [-0.3, -0.25) is 15.0 Å². The molecule has 0 radical (unpaired) electrons. The molecule has 0 aliphatic heterocycles. The van der Waals surface area contributed by atoms with E-state index in [1.165, 1.54) is 36.4 Å². The summed E-state index contributed by atoms with van der Waals surface area (Å²) in [6.07, 6.45) is 1.02. The number of carbonyl (C=O) groups is 2. The van der Waals surface area contributed by atoms with E-state index < -0.39 is 42.5 Å². The molecule has 0 aromatic heterocycles. The second-order valence-electron chi connectivity index (χ2n) is 10.3. The van der Waals surface area contributed by atoms with Gasteiger partial charge >= 0.3 is 59.1 Å². The summed E-state index contributed by atoms with van der Waals surface area (Å²) in [4.78, 5) is 24.8. The van der Waals surface area contributed by atoms with Crippen LogP contribution in [0.25, 0.3) is 6.08 Å². The molecule has 49 heavy (non-hydrogen) atoms. The Bertz CT molecular complexity index is 2290. The number of Topliss-reactive ketones (excluding diaryl/α,β-unsaturated/α-hetero) is 1. The zero-order chi connectivity index (χ0) is 34.1. The maximum atomic E-state index is 13.4. The normalized spacial score (nSPS) is 13.6. The number of hydrogen-bond acceptors (Lipinski definition) is 13. The van der Waals surface area contributed by atoms with Gasteiger partial charge in [0.15, 0.2) is 0 Å². The monoisotopic (exact) mass is 718 g/mol. The predicted octanol–water partition coefficient (Wildman–Crippen LogP) is -0.984. The first-order chi connectivity index (χ1) is 22.1. The molecule has 4 N–H and O–H groups in total. The number of aryl methyl sites for hydroxylation is 2. The summed E-state index contributed by atoms with van der Waals surface area (Å²) < 4.78 is 70.3. The standard InChI is InChI=1S/C31H26N6O8S2.2Na/c1-17-12-23(34-35-27-11-8-24(13-18(27)2)46(40,41)42)7-10-26(17)36-37-29-28(47(43,44)45)16-20-15-22(6-9-25(20)30(29)38)33-31(39)19-4-3-5-21(32)14-19;;/h3-16,36H,32H2,1-2H3,(H,33,39)(H,40,41,42)(H,43,44,45);;/q;2*+1/p-2/b35-34?,37-29-;;. The molecule has 0 unspecified atom stereocenters. The average Bonchev–Trinajstić information content (AvgIpc) is 2.99. The number of ketones is 1. The van der Waals surface area contributed by atoms with Crippen molar-refractivity contribution in [3.8, 4) is 0 Å². The molecular weight excluding hydrogens is 694 g/mol. The molecule has 4 aromatic rings.